The molecule has 1 saturated carbocycles. The van der Waals surface area contributed by atoms with Gasteiger partial charge in [0.1, 0.15) is 17.1 Å². The average Bonchev–Trinajstić information content (AvgIpc) is 3.23. The Hall–Kier alpha value is -1.22. The first-order chi connectivity index (χ1) is 10.1. The van der Waals surface area contributed by atoms with Gasteiger partial charge in [-0.3, -0.25) is 0 Å². The minimum absolute atomic E-state index is 0.0988. The van der Waals surface area contributed by atoms with Crippen LogP contribution in [0.25, 0.3) is 11.0 Å². The normalized spacial score (nSPS) is 17.9. The smallest absolute Gasteiger partial charge is 0.147 e. The quantitative estimate of drug-likeness (QED) is 0.718. The second-order valence-corrected chi connectivity index (χ2v) is 6.72. The van der Waals surface area contributed by atoms with E-state index in [0.717, 1.165) is 35.1 Å². The van der Waals surface area contributed by atoms with E-state index in [1.54, 1.807) is 0 Å². The summed E-state index contributed by atoms with van der Waals surface area (Å²) >= 11 is 6.36. The maximum atomic E-state index is 6.36. The third-order valence-electron chi connectivity index (χ3n) is 4.32. The monoisotopic (exact) mass is 306 g/mol. The number of halogens is 1. The van der Waals surface area contributed by atoms with E-state index < -0.39 is 0 Å². The molecular formula is C17H23ClN2O. The molecule has 1 aromatic heterocycles. The molecule has 2 unspecified atom stereocenters. The molecule has 1 aromatic carbocycles. The minimum Gasteiger partial charge on any atom is -0.492 e. The van der Waals surface area contributed by atoms with Crippen LogP contribution in [0.2, 0.25) is 0 Å². The molecule has 0 N–H and O–H groups in total. The number of aromatic nitrogens is 2. The molecule has 21 heavy (non-hydrogen) atoms. The molecule has 114 valence electrons. The van der Waals surface area contributed by atoms with Gasteiger partial charge in [0.25, 0.3) is 0 Å². The Balaban J connectivity index is 2.06. The van der Waals surface area contributed by atoms with Gasteiger partial charge in [-0.05, 0) is 50.7 Å². The third kappa shape index (κ3) is 2.89. The molecule has 0 spiro atoms. The van der Waals surface area contributed by atoms with Gasteiger partial charge in [-0.1, -0.05) is 13.0 Å². The van der Waals surface area contributed by atoms with Crippen molar-refractivity contribution in [3.63, 3.8) is 0 Å². The zero-order valence-corrected chi connectivity index (χ0v) is 13.7. The number of para-hydroxylation sites is 1. The maximum absolute atomic E-state index is 6.36. The van der Waals surface area contributed by atoms with Crippen LogP contribution in [0, 0.1) is 11.8 Å². The van der Waals surface area contributed by atoms with Gasteiger partial charge < -0.3 is 9.30 Å². The van der Waals surface area contributed by atoms with Gasteiger partial charge in [-0.25, -0.2) is 4.98 Å². The zero-order chi connectivity index (χ0) is 15.0. The summed E-state index contributed by atoms with van der Waals surface area (Å²) in [6.45, 7) is 7.95. The van der Waals surface area contributed by atoms with E-state index in [2.05, 4.69) is 17.6 Å². The summed E-state index contributed by atoms with van der Waals surface area (Å²) in [7, 11) is 0. The van der Waals surface area contributed by atoms with Gasteiger partial charge in [-0.15, -0.1) is 11.6 Å². The molecule has 1 heterocycles. The van der Waals surface area contributed by atoms with Crippen LogP contribution in [0.3, 0.4) is 0 Å². The number of alkyl halides is 1. The molecule has 1 aliphatic rings. The van der Waals surface area contributed by atoms with E-state index in [4.69, 9.17) is 21.3 Å². The second kappa shape index (κ2) is 5.88. The predicted octanol–water partition coefficient (Wildman–Crippen LogP) is 4.78. The summed E-state index contributed by atoms with van der Waals surface area (Å²) < 4.78 is 8.00. The number of rotatable bonds is 6. The van der Waals surface area contributed by atoms with Crippen LogP contribution in [0.4, 0.5) is 0 Å². The van der Waals surface area contributed by atoms with Crippen LogP contribution in [0.15, 0.2) is 18.2 Å². The summed E-state index contributed by atoms with van der Waals surface area (Å²) in [5.41, 5.74) is 2.07. The Morgan fingerprint density at radius 1 is 1.38 bits per heavy atom. The van der Waals surface area contributed by atoms with Gasteiger partial charge >= 0.3 is 0 Å². The van der Waals surface area contributed by atoms with Gasteiger partial charge in [0.05, 0.1) is 17.5 Å². The van der Waals surface area contributed by atoms with E-state index in [1.807, 2.05) is 26.0 Å². The molecule has 2 aromatic rings. The Morgan fingerprint density at radius 2 is 2.14 bits per heavy atom. The van der Waals surface area contributed by atoms with Crippen molar-refractivity contribution in [2.24, 2.45) is 11.8 Å². The molecule has 0 amide bonds. The van der Waals surface area contributed by atoms with Crippen LogP contribution >= 0.6 is 11.6 Å². The number of hydrogen-bond acceptors (Lipinski definition) is 2. The largest absolute Gasteiger partial charge is 0.492 e. The highest BCUT2D eigenvalue weighted by molar-refractivity contribution is 6.20. The van der Waals surface area contributed by atoms with Crippen molar-refractivity contribution in [3.8, 4) is 5.75 Å². The van der Waals surface area contributed by atoms with Crippen molar-refractivity contribution >= 4 is 22.6 Å². The predicted molar refractivity (Wildman–Crippen MR) is 87.1 cm³/mol. The molecule has 3 rings (SSSR count). The first-order valence-corrected chi connectivity index (χ1v) is 8.31. The number of nitrogens with zero attached hydrogens (tertiary/aromatic N) is 2. The highest BCUT2D eigenvalue weighted by atomic mass is 35.5. The molecule has 0 radical (unpaired) electrons. The number of hydrogen-bond donors (Lipinski definition) is 0. The first kappa shape index (κ1) is 14.7. The van der Waals surface area contributed by atoms with Crippen molar-refractivity contribution in [2.75, 3.05) is 6.61 Å². The lowest BCUT2D eigenvalue weighted by Crippen LogP contribution is -2.12. The average molecular weight is 307 g/mol. The van der Waals surface area contributed by atoms with Crippen LogP contribution in [0.5, 0.6) is 5.75 Å². The van der Waals surface area contributed by atoms with Crippen molar-refractivity contribution in [1.82, 2.24) is 9.55 Å². The maximum Gasteiger partial charge on any atom is 0.147 e. The van der Waals surface area contributed by atoms with Gasteiger partial charge in [0, 0.05) is 6.54 Å². The minimum atomic E-state index is -0.0988. The molecule has 1 fully saturated rings. The lowest BCUT2D eigenvalue weighted by atomic mass is 10.1. The molecular weight excluding hydrogens is 284 g/mol. The summed E-state index contributed by atoms with van der Waals surface area (Å²) in [5, 5.41) is -0.0988. The SMILES string of the molecule is CCOc1cccc2c1nc(C(C)Cl)n2CC(C)C1CC1. The first-order valence-electron chi connectivity index (χ1n) is 7.87. The zero-order valence-electron chi connectivity index (χ0n) is 13.0. The van der Waals surface area contributed by atoms with Crippen molar-refractivity contribution in [3.05, 3.63) is 24.0 Å². The molecule has 4 heteroatoms. The summed E-state index contributed by atoms with van der Waals surface area (Å²) in [6.07, 6.45) is 2.73. The van der Waals surface area contributed by atoms with E-state index in [1.165, 1.54) is 12.8 Å². The van der Waals surface area contributed by atoms with Crippen LogP contribution < -0.4 is 4.74 Å². The van der Waals surface area contributed by atoms with Gasteiger partial charge in [0.2, 0.25) is 0 Å². The Bertz CT molecular complexity index is 631. The molecule has 0 aliphatic heterocycles. The van der Waals surface area contributed by atoms with Crippen LogP contribution in [-0.4, -0.2) is 16.2 Å². The van der Waals surface area contributed by atoms with Crippen LogP contribution in [-0.2, 0) is 6.54 Å². The second-order valence-electron chi connectivity index (χ2n) is 6.07. The topological polar surface area (TPSA) is 27.1 Å². The highest BCUT2D eigenvalue weighted by Crippen LogP contribution is 2.39. The Kier molecular flexibility index (Phi) is 4.12. The van der Waals surface area contributed by atoms with Gasteiger partial charge in [-0.2, -0.15) is 0 Å². The van der Waals surface area contributed by atoms with Crippen molar-refractivity contribution in [2.45, 2.75) is 45.5 Å². The molecule has 3 nitrogen and oxygen atoms in total. The fourth-order valence-electron chi connectivity index (χ4n) is 3.01. The standard InChI is InChI=1S/C17H23ClN2O/c1-4-21-15-7-5-6-14-16(15)19-17(12(3)18)20(14)10-11(2)13-8-9-13/h5-7,11-13H,4,8-10H2,1-3H3. The number of fused-ring (bicyclic) bond motifs is 1. The fraction of sp³-hybridized carbons (Fsp3) is 0.588. The van der Waals surface area contributed by atoms with Crippen molar-refractivity contribution in [1.29, 1.82) is 0 Å². The van der Waals surface area contributed by atoms with Gasteiger partial charge in [0.15, 0.2) is 0 Å². The molecule has 2 atom stereocenters. The van der Waals surface area contributed by atoms with E-state index in [0.29, 0.717) is 12.5 Å². The van der Waals surface area contributed by atoms with Crippen molar-refractivity contribution < 1.29 is 4.74 Å². The Morgan fingerprint density at radius 3 is 2.76 bits per heavy atom. The summed E-state index contributed by atoms with van der Waals surface area (Å²) in [5.74, 6) is 3.35. The molecule has 1 aliphatic carbocycles. The van der Waals surface area contributed by atoms with E-state index >= 15 is 0 Å². The molecule has 0 saturated heterocycles. The summed E-state index contributed by atoms with van der Waals surface area (Å²) in [6, 6.07) is 6.14. The lowest BCUT2D eigenvalue weighted by molar-refractivity contribution is 0.343. The highest BCUT2D eigenvalue weighted by Gasteiger charge is 2.29. The Labute approximate surface area is 131 Å². The molecule has 0 bridgehead atoms. The number of imidazole rings is 1. The third-order valence-corrected chi connectivity index (χ3v) is 4.52. The van der Waals surface area contributed by atoms with E-state index in [9.17, 15) is 0 Å². The number of benzene rings is 1. The van der Waals surface area contributed by atoms with Crippen LogP contribution in [0.1, 0.15) is 44.8 Å². The van der Waals surface area contributed by atoms with E-state index in [-0.39, 0.29) is 5.38 Å². The fourth-order valence-corrected chi connectivity index (χ4v) is 3.18. The summed E-state index contributed by atoms with van der Waals surface area (Å²) in [4.78, 5) is 4.77. The lowest BCUT2D eigenvalue weighted by Gasteiger charge is -2.15. The number of ether oxygens (including phenoxy) is 1.